The number of sulfonamides is 1. The SMILES string of the molecule is CCCCS(=O)(=O)NCCOc1ccc(N(Cc2cccnc2)c2ccc(OC)c(OC3CCCC3)c2)cc1. The first-order valence-corrected chi connectivity index (χ1v) is 15.3. The maximum absolute atomic E-state index is 12.0. The summed E-state index contributed by atoms with van der Waals surface area (Å²) in [4.78, 5) is 6.49. The fraction of sp³-hybridized carbons (Fsp3) is 0.433. The van der Waals surface area contributed by atoms with Crippen molar-refractivity contribution in [1.29, 1.82) is 0 Å². The summed E-state index contributed by atoms with van der Waals surface area (Å²) in [6, 6.07) is 17.8. The lowest BCUT2D eigenvalue weighted by atomic mass is 10.1. The number of unbranched alkanes of at least 4 members (excludes halogenated alkanes) is 1. The predicted octanol–water partition coefficient (Wildman–Crippen LogP) is 5.85. The zero-order valence-electron chi connectivity index (χ0n) is 22.8. The minimum atomic E-state index is -3.25. The molecule has 8 nitrogen and oxygen atoms in total. The van der Waals surface area contributed by atoms with Gasteiger partial charge >= 0.3 is 0 Å². The Morgan fingerprint density at radius 2 is 1.79 bits per heavy atom. The Morgan fingerprint density at radius 3 is 2.49 bits per heavy atom. The fourth-order valence-electron chi connectivity index (χ4n) is 4.61. The van der Waals surface area contributed by atoms with E-state index in [1.165, 1.54) is 12.8 Å². The molecule has 39 heavy (non-hydrogen) atoms. The summed E-state index contributed by atoms with van der Waals surface area (Å²) >= 11 is 0. The molecule has 1 aromatic heterocycles. The molecule has 4 rings (SSSR count). The largest absolute Gasteiger partial charge is 0.493 e. The van der Waals surface area contributed by atoms with Crippen molar-refractivity contribution in [1.82, 2.24) is 9.71 Å². The van der Waals surface area contributed by atoms with Gasteiger partial charge in [0.25, 0.3) is 0 Å². The quantitative estimate of drug-likeness (QED) is 0.236. The van der Waals surface area contributed by atoms with Crippen LogP contribution < -0.4 is 23.8 Å². The van der Waals surface area contributed by atoms with Crippen molar-refractivity contribution < 1.29 is 22.6 Å². The van der Waals surface area contributed by atoms with Crippen LogP contribution in [0.4, 0.5) is 11.4 Å². The van der Waals surface area contributed by atoms with Gasteiger partial charge in [-0.1, -0.05) is 19.4 Å². The highest BCUT2D eigenvalue weighted by atomic mass is 32.2. The number of hydrogen-bond donors (Lipinski definition) is 1. The molecule has 0 unspecified atom stereocenters. The summed E-state index contributed by atoms with van der Waals surface area (Å²) < 4.78 is 44.3. The zero-order valence-corrected chi connectivity index (χ0v) is 23.7. The van der Waals surface area contributed by atoms with Crippen LogP contribution in [0.1, 0.15) is 51.0 Å². The molecule has 1 aliphatic rings. The van der Waals surface area contributed by atoms with E-state index in [0.717, 1.165) is 47.7 Å². The molecule has 9 heteroatoms. The number of ether oxygens (including phenoxy) is 3. The maximum Gasteiger partial charge on any atom is 0.211 e. The lowest BCUT2D eigenvalue weighted by Crippen LogP contribution is -2.30. The number of nitrogens with zero attached hydrogens (tertiary/aromatic N) is 2. The van der Waals surface area contributed by atoms with Crippen LogP contribution >= 0.6 is 0 Å². The van der Waals surface area contributed by atoms with Crippen LogP contribution in [0, 0.1) is 0 Å². The Balaban J connectivity index is 1.49. The minimum absolute atomic E-state index is 0.143. The third-order valence-corrected chi connectivity index (χ3v) is 8.20. The second-order valence-corrected chi connectivity index (χ2v) is 11.6. The van der Waals surface area contributed by atoms with E-state index >= 15 is 0 Å². The molecule has 1 N–H and O–H groups in total. The number of hydrogen-bond acceptors (Lipinski definition) is 7. The molecule has 0 atom stereocenters. The predicted molar refractivity (Wildman–Crippen MR) is 155 cm³/mol. The monoisotopic (exact) mass is 553 g/mol. The van der Waals surface area contributed by atoms with Gasteiger partial charge in [0, 0.05) is 42.9 Å². The smallest absolute Gasteiger partial charge is 0.211 e. The van der Waals surface area contributed by atoms with E-state index in [0.29, 0.717) is 18.7 Å². The van der Waals surface area contributed by atoms with E-state index in [9.17, 15) is 8.42 Å². The third kappa shape index (κ3) is 8.60. The molecular weight excluding hydrogens is 514 g/mol. The number of anilines is 2. The van der Waals surface area contributed by atoms with Crippen molar-refractivity contribution in [3.05, 3.63) is 72.6 Å². The van der Waals surface area contributed by atoms with Gasteiger partial charge < -0.3 is 19.1 Å². The molecule has 1 heterocycles. The normalized spacial score (nSPS) is 13.8. The number of benzene rings is 2. The second-order valence-electron chi connectivity index (χ2n) is 9.72. The van der Waals surface area contributed by atoms with Gasteiger partial charge in [-0.3, -0.25) is 4.98 Å². The Kier molecular flexibility index (Phi) is 10.4. The van der Waals surface area contributed by atoms with Crippen LogP contribution in [0.25, 0.3) is 0 Å². The van der Waals surface area contributed by atoms with Gasteiger partial charge in [-0.05, 0) is 80.1 Å². The van der Waals surface area contributed by atoms with Crippen LogP contribution in [-0.4, -0.2) is 45.5 Å². The molecule has 210 valence electrons. The van der Waals surface area contributed by atoms with Gasteiger partial charge in [0.15, 0.2) is 11.5 Å². The Labute approximate surface area is 232 Å². The van der Waals surface area contributed by atoms with Crippen molar-refractivity contribution in [2.45, 2.75) is 58.1 Å². The van der Waals surface area contributed by atoms with Crippen molar-refractivity contribution >= 4 is 21.4 Å². The van der Waals surface area contributed by atoms with E-state index in [-0.39, 0.29) is 25.0 Å². The summed E-state index contributed by atoms with van der Waals surface area (Å²) in [5.41, 5.74) is 3.02. The Morgan fingerprint density at radius 1 is 1.03 bits per heavy atom. The van der Waals surface area contributed by atoms with Gasteiger partial charge in [-0.2, -0.15) is 0 Å². The van der Waals surface area contributed by atoms with Gasteiger partial charge in [-0.25, -0.2) is 13.1 Å². The van der Waals surface area contributed by atoms with Crippen LogP contribution in [0.2, 0.25) is 0 Å². The standard InChI is InChI=1S/C30H39N3O5S/c1-3-4-20-39(34,35)32-18-19-37-27-14-11-25(12-15-27)33(23-24-8-7-17-31-22-24)26-13-16-29(36-2)30(21-26)38-28-9-5-6-10-28/h7-8,11-17,21-22,28,32H,3-6,9-10,18-20,23H2,1-2H3. The van der Waals surface area contributed by atoms with E-state index in [1.54, 1.807) is 13.3 Å². The van der Waals surface area contributed by atoms with Crippen molar-refractivity contribution in [2.75, 3.05) is 30.9 Å². The highest BCUT2D eigenvalue weighted by Gasteiger charge is 2.20. The summed E-state index contributed by atoms with van der Waals surface area (Å²) in [5.74, 6) is 2.29. The van der Waals surface area contributed by atoms with Gasteiger partial charge in [0.05, 0.1) is 19.0 Å². The van der Waals surface area contributed by atoms with Crippen LogP contribution in [0.3, 0.4) is 0 Å². The average molecular weight is 554 g/mol. The Bertz CT molecular complexity index is 1260. The summed E-state index contributed by atoms with van der Waals surface area (Å²) in [7, 11) is -1.59. The zero-order chi connectivity index (χ0) is 27.5. The minimum Gasteiger partial charge on any atom is -0.493 e. The number of pyridine rings is 1. The van der Waals surface area contributed by atoms with Crippen molar-refractivity contribution in [3.8, 4) is 17.2 Å². The van der Waals surface area contributed by atoms with E-state index < -0.39 is 10.0 Å². The second kappa shape index (κ2) is 14.2. The molecule has 0 radical (unpaired) electrons. The molecule has 0 spiro atoms. The van der Waals surface area contributed by atoms with E-state index in [1.807, 2.05) is 61.7 Å². The van der Waals surface area contributed by atoms with Crippen LogP contribution in [0.15, 0.2) is 67.0 Å². The molecule has 0 aliphatic heterocycles. The first-order chi connectivity index (χ1) is 19.0. The van der Waals surface area contributed by atoms with E-state index in [4.69, 9.17) is 14.2 Å². The highest BCUT2D eigenvalue weighted by molar-refractivity contribution is 7.89. The maximum atomic E-state index is 12.0. The molecule has 0 bridgehead atoms. The molecule has 3 aromatic rings. The fourth-order valence-corrected chi connectivity index (χ4v) is 5.82. The van der Waals surface area contributed by atoms with E-state index in [2.05, 4.69) is 20.7 Å². The lowest BCUT2D eigenvalue weighted by Gasteiger charge is -2.27. The molecule has 1 fully saturated rings. The third-order valence-electron chi connectivity index (χ3n) is 6.73. The molecule has 1 saturated carbocycles. The molecule has 2 aromatic carbocycles. The first kappa shape index (κ1) is 28.7. The summed E-state index contributed by atoms with van der Waals surface area (Å²) in [6.45, 7) is 3.07. The van der Waals surface area contributed by atoms with Gasteiger partial charge in [0.1, 0.15) is 12.4 Å². The lowest BCUT2D eigenvalue weighted by molar-refractivity contribution is 0.201. The number of rotatable bonds is 15. The van der Waals surface area contributed by atoms with Crippen LogP contribution in [-0.2, 0) is 16.6 Å². The Hall–Kier alpha value is -3.30. The number of aromatic nitrogens is 1. The molecular formula is C30H39N3O5S. The summed E-state index contributed by atoms with van der Waals surface area (Å²) in [6.07, 6.45) is 9.85. The number of nitrogens with one attached hydrogen (secondary N) is 1. The molecule has 1 aliphatic carbocycles. The van der Waals surface area contributed by atoms with Gasteiger partial charge in [-0.15, -0.1) is 0 Å². The van der Waals surface area contributed by atoms with Crippen molar-refractivity contribution in [2.24, 2.45) is 0 Å². The topological polar surface area (TPSA) is 90.0 Å². The highest BCUT2D eigenvalue weighted by Crippen LogP contribution is 2.38. The number of methoxy groups -OCH3 is 1. The average Bonchev–Trinajstić information content (AvgIpc) is 3.47. The van der Waals surface area contributed by atoms with Crippen molar-refractivity contribution in [3.63, 3.8) is 0 Å². The molecule has 0 saturated heterocycles. The van der Waals surface area contributed by atoms with Gasteiger partial charge in [0.2, 0.25) is 10.0 Å². The van der Waals surface area contributed by atoms with Crippen LogP contribution in [0.5, 0.6) is 17.2 Å². The summed E-state index contributed by atoms with van der Waals surface area (Å²) in [5, 5.41) is 0. The molecule has 0 amide bonds. The first-order valence-electron chi connectivity index (χ1n) is 13.7.